The van der Waals surface area contributed by atoms with Crippen molar-refractivity contribution < 1.29 is 4.79 Å². The van der Waals surface area contributed by atoms with Gasteiger partial charge in [0, 0.05) is 17.5 Å². The van der Waals surface area contributed by atoms with Crippen molar-refractivity contribution in [1.29, 1.82) is 5.26 Å². The zero-order valence-electron chi connectivity index (χ0n) is 12.3. The summed E-state index contributed by atoms with van der Waals surface area (Å²) >= 11 is 0. The Morgan fingerprint density at radius 1 is 1.05 bits per heavy atom. The second-order valence-electron chi connectivity index (χ2n) is 5.43. The van der Waals surface area contributed by atoms with Gasteiger partial charge in [-0.15, -0.1) is 0 Å². The summed E-state index contributed by atoms with van der Waals surface area (Å²) in [5.41, 5.74) is 3.12. The molecule has 0 bridgehead atoms. The van der Waals surface area contributed by atoms with Gasteiger partial charge in [-0.2, -0.15) is 5.26 Å². The largest absolute Gasteiger partial charge is 0.328 e. The maximum Gasteiger partial charge on any atom is 0.228 e. The van der Waals surface area contributed by atoms with Crippen LogP contribution in [0.5, 0.6) is 0 Å². The van der Waals surface area contributed by atoms with Crippen LogP contribution in [0.1, 0.15) is 24.0 Å². The quantitative estimate of drug-likeness (QED) is 0.860. The van der Waals surface area contributed by atoms with Crippen LogP contribution < -0.4 is 5.32 Å². The molecule has 0 spiro atoms. The van der Waals surface area contributed by atoms with Crippen molar-refractivity contribution >= 4 is 11.5 Å². The van der Waals surface area contributed by atoms with Crippen molar-refractivity contribution in [1.82, 2.24) is 5.32 Å². The van der Waals surface area contributed by atoms with E-state index >= 15 is 0 Å². The van der Waals surface area contributed by atoms with Crippen LogP contribution in [0.2, 0.25) is 0 Å². The Morgan fingerprint density at radius 3 is 2.23 bits per heavy atom. The van der Waals surface area contributed by atoms with E-state index in [1.807, 2.05) is 67.6 Å². The number of rotatable bonds is 2. The number of carbonyl (C=O) groups excluding carboxylic acids is 1. The lowest BCUT2D eigenvalue weighted by atomic mass is 9.85. The summed E-state index contributed by atoms with van der Waals surface area (Å²) in [6.45, 7) is 1.90. The molecule has 1 aliphatic rings. The summed E-state index contributed by atoms with van der Waals surface area (Å²) < 4.78 is 0. The van der Waals surface area contributed by atoms with Gasteiger partial charge in [-0.05, 0) is 11.1 Å². The van der Waals surface area contributed by atoms with Crippen LogP contribution >= 0.6 is 0 Å². The van der Waals surface area contributed by atoms with E-state index in [1.165, 1.54) is 0 Å². The highest BCUT2D eigenvalue weighted by atomic mass is 16.2. The molecule has 0 aliphatic carbocycles. The molecule has 1 saturated heterocycles. The predicted molar refractivity (Wildman–Crippen MR) is 85.5 cm³/mol. The molecule has 3 rings (SSSR count). The highest BCUT2D eigenvalue weighted by Gasteiger charge is 2.38. The first-order valence-electron chi connectivity index (χ1n) is 7.28. The minimum atomic E-state index is -0.190. The lowest BCUT2D eigenvalue weighted by Crippen LogP contribution is -2.17. The minimum absolute atomic E-state index is 0.0347. The molecule has 1 aliphatic heterocycles. The summed E-state index contributed by atoms with van der Waals surface area (Å²) in [4.78, 5) is 12.2. The highest BCUT2D eigenvalue weighted by molar-refractivity contribution is 5.92. The Morgan fingerprint density at radius 2 is 1.64 bits per heavy atom. The zero-order valence-corrected chi connectivity index (χ0v) is 12.3. The fraction of sp³-hybridized carbons (Fsp3) is 0.158. The Balaban J connectivity index is 2.17. The van der Waals surface area contributed by atoms with Gasteiger partial charge in [0.1, 0.15) is 6.07 Å². The topological polar surface area (TPSA) is 52.9 Å². The summed E-state index contributed by atoms with van der Waals surface area (Å²) in [6, 6.07) is 21.6. The first-order valence-corrected chi connectivity index (χ1v) is 7.28. The summed E-state index contributed by atoms with van der Waals surface area (Å²) in [7, 11) is 0. The van der Waals surface area contributed by atoms with Crippen molar-refractivity contribution in [3.05, 3.63) is 77.5 Å². The number of amides is 1. The minimum Gasteiger partial charge on any atom is -0.328 e. The van der Waals surface area contributed by atoms with Crippen LogP contribution in [0.25, 0.3) is 5.57 Å². The second-order valence-corrected chi connectivity index (χ2v) is 5.43. The standard InChI is InChI=1S/C19H16N2O/c1-13-17(15-10-6-3-7-11-15)18(21-19(13)22)16(12-20)14-8-4-2-5-9-14/h2-11,13,17H,1H3,(H,21,22)/b18-16+/t13-,17+/m1/s1. The van der Waals surface area contributed by atoms with E-state index in [1.54, 1.807) is 0 Å². The Bertz CT molecular complexity index is 757. The van der Waals surface area contributed by atoms with Gasteiger partial charge < -0.3 is 5.32 Å². The van der Waals surface area contributed by atoms with Crippen molar-refractivity contribution in [3.8, 4) is 6.07 Å². The number of allylic oxidation sites excluding steroid dienone is 2. The molecule has 2 atom stereocenters. The molecule has 22 heavy (non-hydrogen) atoms. The van der Waals surface area contributed by atoms with Crippen LogP contribution in [0, 0.1) is 17.2 Å². The molecule has 1 amide bonds. The maximum atomic E-state index is 12.2. The third-order valence-electron chi connectivity index (χ3n) is 4.08. The molecule has 108 valence electrons. The Labute approximate surface area is 129 Å². The molecule has 1 fully saturated rings. The van der Waals surface area contributed by atoms with Crippen molar-refractivity contribution in [3.63, 3.8) is 0 Å². The van der Waals surface area contributed by atoms with Crippen LogP contribution in [0.3, 0.4) is 0 Å². The zero-order chi connectivity index (χ0) is 15.5. The van der Waals surface area contributed by atoms with E-state index in [9.17, 15) is 10.1 Å². The number of nitrogens with zero attached hydrogens (tertiary/aromatic N) is 1. The fourth-order valence-corrected chi connectivity index (χ4v) is 2.94. The van der Waals surface area contributed by atoms with Gasteiger partial charge in [-0.25, -0.2) is 0 Å². The Hall–Kier alpha value is -2.86. The lowest BCUT2D eigenvalue weighted by Gasteiger charge is -2.16. The van der Waals surface area contributed by atoms with E-state index in [2.05, 4.69) is 11.4 Å². The molecule has 3 nitrogen and oxygen atoms in total. The van der Waals surface area contributed by atoms with Crippen LogP contribution in [-0.4, -0.2) is 5.91 Å². The smallest absolute Gasteiger partial charge is 0.228 e. The van der Waals surface area contributed by atoms with Crippen molar-refractivity contribution in [2.75, 3.05) is 0 Å². The summed E-state index contributed by atoms with van der Waals surface area (Å²) in [5, 5.41) is 12.5. The molecule has 0 unspecified atom stereocenters. The predicted octanol–water partition coefficient (Wildman–Crippen LogP) is 3.47. The number of nitrogens with one attached hydrogen (secondary N) is 1. The van der Waals surface area contributed by atoms with Crippen LogP contribution in [0.4, 0.5) is 0 Å². The third-order valence-corrected chi connectivity index (χ3v) is 4.08. The van der Waals surface area contributed by atoms with Gasteiger partial charge in [-0.1, -0.05) is 67.6 Å². The number of hydrogen-bond acceptors (Lipinski definition) is 2. The summed E-state index contributed by atoms with van der Waals surface area (Å²) in [5.74, 6) is -0.333. The number of hydrogen-bond donors (Lipinski definition) is 1. The van der Waals surface area contributed by atoms with Gasteiger partial charge in [0.05, 0.1) is 5.57 Å². The Kier molecular flexibility index (Phi) is 3.76. The van der Waals surface area contributed by atoms with Crippen LogP contribution in [0.15, 0.2) is 66.4 Å². The van der Waals surface area contributed by atoms with E-state index < -0.39 is 0 Å². The van der Waals surface area contributed by atoms with Crippen molar-refractivity contribution in [2.45, 2.75) is 12.8 Å². The van der Waals surface area contributed by atoms with E-state index in [-0.39, 0.29) is 17.7 Å². The van der Waals surface area contributed by atoms with E-state index in [0.29, 0.717) is 11.3 Å². The van der Waals surface area contributed by atoms with E-state index in [4.69, 9.17) is 0 Å². The van der Waals surface area contributed by atoms with Gasteiger partial charge in [0.25, 0.3) is 0 Å². The lowest BCUT2D eigenvalue weighted by molar-refractivity contribution is -0.121. The SMILES string of the molecule is C[C@H]1C(=O)N/C(=C(\C#N)c2ccccc2)[C@@H]1c1ccccc1. The van der Waals surface area contributed by atoms with E-state index in [0.717, 1.165) is 11.1 Å². The first kappa shape index (κ1) is 14.1. The second kappa shape index (κ2) is 5.87. The third kappa shape index (κ3) is 2.40. The fourth-order valence-electron chi connectivity index (χ4n) is 2.94. The molecule has 0 saturated carbocycles. The average molecular weight is 288 g/mol. The number of benzene rings is 2. The van der Waals surface area contributed by atoms with Gasteiger partial charge >= 0.3 is 0 Å². The molecule has 3 heteroatoms. The molecule has 2 aromatic rings. The van der Waals surface area contributed by atoms with Crippen molar-refractivity contribution in [2.24, 2.45) is 5.92 Å². The molecular weight excluding hydrogens is 272 g/mol. The summed E-state index contributed by atoms with van der Waals surface area (Å²) in [6.07, 6.45) is 0. The van der Waals surface area contributed by atoms with Gasteiger partial charge in [-0.3, -0.25) is 4.79 Å². The monoisotopic (exact) mass is 288 g/mol. The average Bonchev–Trinajstić information content (AvgIpc) is 2.85. The normalized spacial score (nSPS) is 22.8. The van der Waals surface area contributed by atoms with Gasteiger partial charge in [0.15, 0.2) is 0 Å². The first-order chi connectivity index (χ1) is 10.7. The molecule has 0 radical (unpaired) electrons. The maximum absolute atomic E-state index is 12.2. The van der Waals surface area contributed by atoms with Crippen LogP contribution in [-0.2, 0) is 4.79 Å². The molecule has 2 aromatic carbocycles. The molecule has 1 N–H and O–H groups in total. The molecule has 0 aromatic heterocycles. The molecular formula is C19H16N2O. The number of carbonyl (C=O) groups is 1. The van der Waals surface area contributed by atoms with Gasteiger partial charge in [0.2, 0.25) is 5.91 Å². The highest BCUT2D eigenvalue weighted by Crippen LogP contribution is 2.39. The molecule has 1 heterocycles. The number of nitriles is 1.